The lowest BCUT2D eigenvalue weighted by Gasteiger charge is -2.35. The lowest BCUT2D eigenvalue weighted by Crippen LogP contribution is -2.49. The van der Waals surface area contributed by atoms with Crippen LogP contribution in [0.4, 0.5) is 17.5 Å². The number of hydrogen-bond donors (Lipinski definition) is 1. The fourth-order valence-electron chi connectivity index (χ4n) is 3.97. The van der Waals surface area contributed by atoms with Gasteiger partial charge in [0.1, 0.15) is 11.4 Å². The Morgan fingerprint density at radius 3 is 2.51 bits per heavy atom. The highest BCUT2D eigenvalue weighted by atomic mass is 16.5. The van der Waals surface area contributed by atoms with Crippen LogP contribution < -0.4 is 20.6 Å². The van der Waals surface area contributed by atoms with E-state index in [1.54, 1.807) is 35.4 Å². The molecular weight excluding hydrogens is 448 g/mol. The van der Waals surface area contributed by atoms with E-state index in [4.69, 9.17) is 9.15 Å². The molecule has 178 valence electrons. The van der Waals surface area contributed by atoms with Crippen molar-refractivity contribution < 1.29 is 13.9 Å². The molecule has 35 heavy (non-hydrogen) atoms. The standard InChI is InChI=1S/C25H24N6O4/c1-16-6-7-20(26-15-16)27-21-8-9-22(29-28-21)30-10-12-31(13-11-30)24(32)18-14-17-4-3-5-19(34-2)23(17)35-25(18)33/h3-9,14-15H,10-13H2,1-2H3,(H,26,27,28). The number of benzene rings is 1. The Kier molecular flexibility index (Phi) is 6.01. The number of nitrogens with zero attached hydrogens (tertiary/aromatic N) is 5. The quantitative estimate of drug-likeness (QED) is 0.438. The highest BCUT2D eigenvalue weighted by Gasteiger charge is 2.26. The Morgan fingerprint density at radius 2 is 1.83 bits per heavy atom. The van der Waals surface area contributed by atoms with Crippen molar-refractivity contribution in [3.63, 3.8) is 0 Å². The molecule has 1 fully saturated rings. The second kappa shape index (κ2) is 9.41. The number of ether oxygens (including phenoxy) is 1. The number of fused-ring (bicyclic) bond motifs is 1. The Morgan fingerprint density at radius 1 is 1.03 bits per heavy atom. The van der Waals surface area contributed by atoms with E-state index in [2.05, 4.69) is 25.4 Å². The van der Waals surface area contributed by atoms with Gasteiger partial charge in [-0.05, 0) is 42.8 Å². The Labute approximate surface area is 201 Å². The molecule has 0 aliphatic carbocycles. The van der Waals surface area contributed by atoms with Gasteiger partial charge < -0.3 is 24.3 Å². The van der Waals surface area contributed by atoms with Gasteiger partial charge >= 0.3 is 5.63 Å². The highest BCUT2D eigenvalue weighted by molar-refractivity contribution is 5.97. The van der Waals surface area contributed by atoms with Crippen molar-refractivity contribution in [1.82, 2.24) is 20.1 Å². The minimum absolute atomic E-state index is 0.0131. The zero-order valence-electron chi connectivity index (χ0n) is 19.4. The first-order chi connectivity index (χ1) is 17.0. The molecule has 4 heterocycles. The van der Waals surface area contributed by atoms with E-state index in [1.165, 1.54) is 7.11 Å². The molecule has 10 nitrogen and oxygen atoms in total. The predicted octanol–water partition coefficient (Wildman–Crippen LogP) is 3.00. The molecule has 0 atom stereocenters. The number of carbonyl (C=O) groups excluding carboxylic acids is 1. The van der Waals surface area contributed by atoms with Gasteiger partial charge in [0.25, 0.3) is 5.91 Å². The second-order valence-electron chi connectivity index (χ2n) is 8.23. The summed E-state index contributed by atoms with van der Waals surface area (Å²) in [5, 5.41) is 12.3. The van der Waals surface area contributed by atoms with Gasteiger partial charge in [0, 0.05) is 37.8 Å². The van der Waals surface area contributed by atoms with E-state index in [-0.39, 0.29) is 11.5 Å². The van der Waals surface area contributed by atoms with Crippen LogP contribution in [0.5, 0.6) is 5.75 Å². The molecule has 0 bridgehead atoms. The van der Waals surface area contributed by atoms with E-state index < -0.39 is 5.63 Å². The summed E-state index contributed by atoms with van der Waals surface area (Å²) in [4.78, 5) is 33.6. The van der Waals surface area contributed by atoms with Crippen LogP contribution in [0, 0.1) is 6.92 Å². The highest BCUT2D eigenvalue weighted by Crippen LogP contribution is 2.25. The van der Waals surface area contributed by atoms with Crippen LogP contribution in [-0.2, 0) is 0 Å². The number of amides is 1. The fourth-order valence-corrected chi connectivity index (χ4v) is 3.97. The van der Waals surface area contributed by atoms with Gasteiger partial charge in [-0.15, -0.1) is 10.2 Å². The molecule has 1 aliphatic heterocycles. The molecule has 1 amide bonds. The molecular formula is C25H24N6O4. The lowest BCUT2D eigenvalue weighted by atomic mass is 10.1. The number of methoxy groups -OCH3 is 1. The maximum absolute atomic E-state index is 13.1. The van der Waals surface area contributed by atoms with Gasteiger partial charge in [-0.3, -0.25) is 4.79 Å². The largest absolute Gasteiger partial charge is 0.493 e. The molecule has 1 aromatic carbocycles. The Balaban J connectivity index is 1.24. The fraction of sp³-hybridized carbons (Fsp3) is 0.240. The third-order valence-electron chi connectivity index (χ3n) is 5.88. The summed E-state index contributed by atoms with van der Waals surface area (Å²) < 4.78 is 10.7. The Hall–Kier alpha value is -4.47. The normalized spacial score (nSPS) is 13.7. The predicted molar refractivity (Wildman–Crippen MR) is 131 cm³/mol. The molecule has 10 heteroatoms. The summed E-state index contributed by atoms with van der Waals surface area (Å²) in [7, 11) is 1.50. The van der Waals surface area contributed by atoms with Crippen molar-refractivity contribution in [2.75, 3.05) is 43.5 Å². The molecule has 0 spiro atoms. The number of para-hydroxylation sites is 1. The summed E-state index contributed by atoms with van der Waals surface area (Å²) in [6, 6.07) is 14.4. The minimum Gasteiger partial charge on any atom is -0.493 e. The SMILES string of the molecule is COc1cccc2cc(C(=O)N3CCN(c4ccc(Nc5ccc(C)cn5)nn4)CC3)c(=O)oc12. The van der Waals surface area contributed by atoms with E-state index in [1.807, 2.05) is 31.2 Å². The van der Waals surface area contributed by atoms with E-state index in [9.17, 15) is 9.59 Å². The summed E-state index contributed by atoms with van der Waals surface area (Å²) >= 11 is 0. The first-order valence-electron chi connectivity index (χ1n) is 11.2. The number of carbonyl (C=O) groups is 1. The van der Waals surface area contributed by atoms with Crippen molar-refractivity contribution in [2.45, 2.75) is 6.92 Å². The van der Waals surface area contributed by atoms with Crippen molar-refractivity contribution in [2.24, 2.45) is 0 Å². The van der Waals surface area contributed by atoms with Gasteiger partial charge in [0.2, 0.25) is 0 Å². The molecule has 0 unspecified atom stereocenters. The van der Waals surface area contributed by atoms with E-state index in [0.29, 0.717) is 54.5 Å². The van der Waals surface area contributed by atoms with Crippen molar-refractivity contribution in [1.29, 1.82) is 0 Å². The van der Waals surface area contributed by atoms with Gasteiger partial charge in [-0.25, -0.2) is 9.78 Å². The molecule has 3 aromatic heterocycles. The van der Waals surface area contributed by atoms with Gasteiger partial charge in [0.05, 0.1) is 7.11 Å². The van der Waals surface area contributed by atoms with Crippen molar-refractivity contribution in [3.8, 4) is 5.75 Å². The number of nitrogens with one attached hydrogen (secondary N) is 1. The van der Waals surface area contributed by atoms with Gasteiger partial charge in [-0.2, -0.15) is 0 Å². The van der Waals surface area contributed by atoms with Crippen LogP contribution in [0.3, 0.4) is 0 Å². The lowest BCUT2D eigenvalue weighted by molar-refractivity contribution is 0.0742. The van der Waals surface area contributed by atoms with E-state index in [0.717, 1.165) is 11.4 Å². The Bertz CT molecular complexity index is 1410. The molecule has 1 aliphatic rings. The average Bonchev–Trinajstić information content (AvgIpc) is 2.89. The van der Waals surface area contributed by atoms with Crippen molar-refractivity contribution in [3.05, 3.63) is 76.3 Å². The minimum atomic E-state index is -0.675. The third kappa shape index (κ3) is 4.63. The van der Waals surface area contributed by atoms with Crippen LogP contribution in [-0.4, -0.2) is 59.3 Å². The molecule has 1 N–H and O–H groups in total. The number of aryl methyl sites for hydroxylation is 1. The first-order valence-corrected chi connectivity index (χ1v) is 11.2. The average molecular weight is 473 g/mol. The van der Waals surface area contributed by atoms with Gasteiger partial charge in [0.15, 0.2) is 23.0 Å². The smallest absolute Gasteiger partial charge is 0.349 e. The number of aromatic nitrogens is 3. The maximum atomic E-state index is 13.1. The van der Waals surface area contributed by atoms with Gasteiger partial charge in [-0.1, -0.05) is 18.2 Å². The zero-order valence-corrected chi connectivity index (χ0v) is 19.4. The summed E-state index contributed by atoms with van der Waals surface area (Å²) in [5.41, 5.74) is 0.748. The summed E-state index contributed by atoms with van der Waals surface area (Å²) in [6.45, 7) is 4.01. The molecule has 4 aromatic rings. The second-order valence-corrected chi connectivity index (χ2v) is 8.23. The maximum Gasteiger partial charge on any atom is 0.349 e. The third-order valence-corrected chi connectivity index (χ3v) is 5.88. The molecule has 1 saturated heterocycles. The summed E-state index contributed by atoms with van der Waals surface area (Å²) in [6.07, 6.45) is 1.78. The van der Waals surface area contributed by atoms with Crippen LogP contribution in [0.2, 0.25) is 0 Å². The van der Waals surface area contributed by atoms with Crippen molar-refractivity contribution >= 4 is 34.3 Å². The summed E-state index contributed by atoms with van der Waals surface area (Å²) in [5.74, 6) is 2.11. The monoisotopic (exact) mass is 472 g/mol. The van der Waals surface area contributed by atoms with Crippen LogP contribution in [0.1, 0.15) is 15.9 Å². The van der Waals surface area contributed by atoms with E-state index >= 15 is 0 Å². The molecule has 5 rings (SSSR count). The van der Waals surface area contributed by atoms with Crippen LogP contribution in [0.25, 0.3) is 11.0 Å². The number of piperazine rings is 1. The number of hydrogen-bond acceptors (Lipinski definition) is 9. The molecule has 0 saturated carbocycles. The number of rotatable bonds is 5. The zero-order chi connectivity index (χ0) is 24.4. The number of anilines is 3. The topological polar surface area (TPSA) is 114 Å². The van der Waals surface area contributed by atoms with Crippen LogP contribution >= 0.6 is 0 Å². The van der Waals surface area contributed by atoms with Crippen LogP contribution in [0.15, 0.2) is 63.9 Å². The first kappa shape index (κ1) is 22.3. The molecule has 0 radical (unpaired) electrons. The number of pyridine rings is 1.